The lowest BCUT2D eigenvalue weighted by Crippen LogP contribution is -2.10. The van der Waals surface area contributed by atoms with Crippen molar-refractivity contribution in [1.29, 1.82) is 0 Å². The average Bonchev–Trinajstić information content (AvgIpc) is 2.77. The molecule has 0 radical (unpaired) electrons. The first-order valence-electron chi connectivity index (χ1n) is 9.95. The predicted molar refractivity (Wildman–Crippen MR) is 113 cm³/mol. The molecule has 0 unspecified atom stereocenters. The molecule has 4 rings (SSSR count). The molecule has 0 atom stereocenters. The smallest absolute Gasteiger partial charge is 0.324 e. The highest BCUT2D eigenvalue weighted by atomic mass is 19.4. The Bertz CT molecular complexity index is 1370. The summed E-state index contributed by atoms with van der Waals surface area (Å²) in [4.78, 5) is 23.8. The lowest BCUT2D eigenvalue weighted by Gasteiger charge is -2.12. The van der Waals surface area contributed by atoms with Gasteiger partial charge in [-0.05, 0) is 55.8 Å². The Kier molecular flexibility index (Phi) is 6.09. The van der Waals surface area contributed by atoms with Crippen molar-refractivity contribution in [3.63, 3.8) is 0 Å². The Morgan fingerprint density at radius 1 is 0.686 bits per heavy atom. The highest BCUT2D eigenvalue weighted by Crippen LogP contribution is 2.31. The van der Waals surface area contributed by atoms with Crippen molar-refractivity contribution in [3.05, 3.63) is 71.3 Å². The first-order chi connectivity index (χ1) is 16.4. The minimum Gasteiger partial charge on any atom is -0.324 e. The molecule has 180 valence electrons. The average molecular weight is 491 g/mol. The van der Waals surface area contributed by atoms with Crippen LogP contribution in [0.5, 0.6) is 0 Å². The molecule has 0 saturated carbocycles. The number of aromatic nitrogens is 6. The number of hydrogen-bond acceptors (Lipinski definition) is 7. The number of hydrogen-bond donors (Lipinski definition) is 1. The predicted octanol–water partition coefficient (Wildman–Crippen LogP) is 5.79. The first kappa shape index (κ1) is 24.0. The maximum Gasteiger partial charge on any atom is 0.433 e. The lowest BCUT2D eigenvalue weighted by atomic mass is 10.2. The number of nitrogens with zero attached hydrogens (tertiary/aromatic N) is 6. The maximum atomic E-state index is 13.2. The molecule has 0 amide bonds. The summed E-state index contributed by atoms with van der Waals surface area (Å²) < 4.78 is 78.7. The van der Waals surface area contributed by atoms with Gasteiger partial charge in [-0.3, -0.25) is 4.98 Å². The minimum atomic E-state index is -4.70. The Morgan fingerprint density at radius 2 is 1.37 bits per heavy atom. The maximum absolute atomic E-state index is 13.2. The van der Waals surface area contributed by atoms with Crippen LogP contribution < -0.4 is 5.32 Å². The van der Waals surface area contributed by atoms with Crippen LogP contribution in [-0.2, 0) is 12.4 Å². The molecule has 4 aromatic rings. The zero-order chi connectivity index (χ0) is 25.4. The van der Waals surface area contributed by atoms with E-state index in [9.17, 15) is 26.3 Å². The van der Waals surface area contributed by atoms with E-state index in [2.05, 4.69) is 35.2 Å². The van der Waals surface area contributed by atoms with Crippen LogP contribution >= 0.6 is 0 Å². The molecule has 0 saturated heterocycles. The third-order valence-corrected chi connectivity index (χ3v) is 4.54. The van der Waals surface area contributed by atoms with Crippen LogP contribution in [0.4, 0.5) is 38.0 Å². The van der Waals surface area contributed by atoms with Crippen molar-refractivity contribution in [1.82, 2.24) is 29.9 Å². The fourth-order valence-corrected chi connectivity index (χ4v) is 3.13. The number of nitrogens with one attached hydrogen (secondary N) is 1. The van der Waals surface area contributed by atoms with Gasteiger partial charge in [0, 0.05) is 17.6 Å². The van der Waals surface area contributed by atoms with E-state index < -0.39 is 23.7 Å². The molecule has 35 heavy (non-hydrogen) atoms. The van der Waals surface area contributed by atoms with Gasteiger partial charge in [-0.25, -0.2) is 15.0 Å². The third-order valence-electron chi connectivity index (χ3n) is 4.54. The molecule has 0 bridgehead atoms. The first-order valence-corrected chi connectivity index (χ1v) is 9.95. The fourth-order valence-electron chi connectivity index (χ4n) is 3.13. The quantitative estimate of drug-likeness (QED) is 0.362. The second-order valence-electron chi connectivity index (χ2n) is 7.44. The van der Waals surface area contributed by atoms with Gasteiger partial charge < -0.3 is 5.32 Å². The van der Waals surface area contributed by atoms with Crippen LogP contribution in [-0.4, -0.2) is 29.9 Å². The fraction of sp³-hybridized carbons (Fsp3) is 0.182. The number of halogens is 6. The third kappa shape index (κ3) is 5.67. The number of pyridine rings is 3. The topological polar surface area (TPSA) is 89.4 Å². The van der Waals surface area contributed by atoms with Crippen molar-refractivity contribution in [2.45, 2.75) is 26.2 Å². The van der Waals surface area contributed by atoms with E-state index in [1.807, 2.05) is 6.92 Å². The molecular weight excluding hydrogens is 476 g/mol. The molecule has 0 fully saturated rings. The number of aryl methyl sites for hydroxylation is 2. The molecule has 13 heteroatoms. The summed E-state index contributed by atoms with van der Waals surface area (Å²) in [7, 11) is 0. The van der Waals surface area contributed by atoms with E-state index in [0.717, 1.165) is 30.0 Å². The zero-order valence-electron chi connectivity index (χ0n) is 18.1. The van der Waals surface area contributed by atoms with Gasteiger partial charge in [-0.1, -0.05) is 6.07 Å². The van der Waals surface area contributed by atoms with Gasteiger partial charge >= 0.3 is 12.4 Å². The standard InChI is InChI=1S/C22H15F6N7/c1-11-8-12(2)30-15(9-11)19-33-18(14-4-3-5-16(32-14)21(23,24)25)34-20(35-19)31-13-6-7-29-17(10-13)22(26,27)28/h3-10H,1-2H3,(H,29,31,33,34,35). The summed E-state index contributed by atoms with van der Waals surface area (Å²) in [6, 6.07) is 8.69. The SMILES string of the molecule is Cc1cc(C)nc(-c2nc(Nc3ccnc(C(F)(F)F)c3)nc(-c3cccc(C(F)(F)F)n3)n2)c1. The summed E-state index contributed by atoms with van der Waals surface area (Å²) in [6.07, 6.45) is -8.43. The molecule has 4 heterocycles. The molecule has 0 aromatic carbocycles. The van der Waals surface area contributed by atoms with Crippen LogP contribution in [0.15, 0.2) is 48.7 Å². The van der Waals surface area contributed by atoms with E-state index in [-0.39, 0.29) is 29.0 Å². The summed E-state index contributed by atoms with van der Waals surface area (Å²) in [6.45, 7) is 3.55. The Hall–Kier alpha value is -4.16. The van der Waals surface area contributed by atoms with Gasteiger partial charge in [0.1, 0.15) is 22.8 Å². The largest absolute Gasteiger partial charge is 0.433 e. The van der Waals surface area contributed by atoms with Gasteiger partial charge in [0.2, 0.25) is 5.95 Å². The van der Waals surface area contributed by atoms with Crippen LogP contribution in [0.1, 0.15) is 22.6 Å². The molecule has 0 spiro atoms. The van der Waals surface area contributed by atoms with E-state index >= 15 is 0 Å². The molecule has 4 aromatic heterocycles. The Morgan fingerprint density at radius 3 is 2.03 bits per heavy atom. The number of anilines is 2. The Balaban J connectivity index is 1.84. The number of rotatable bonds is 4. The van der Waals surface area contributed by atoms with Gasteiger partial charge in [-0.2, -0.15) is 36.3 Å². The lowest BCUT2D eigenvalue weighted by molar-refractivity contribution is -0.141. The summed E-state index contributed by atoms with van der Waals surface area (Å²) in [5.41, 5.74) is -0.787. The molecule has 0 aliphatic carbocycles. The van der Waals surface area contributed by atoms with Gasteiger partial charge in [-0.15, -0.1) is 0 Å². The van der Waals surface area contributed by atoms with Crippen LogP contribution in [0.2, 0.25) is 0 Å². The van der Waals surface area contributed by atoms with Crippen molar-refractivity contribution in [2.75, 3.05) is 5.32 Å². The zero-order valence-corrected chi connectivity index (χ0v) is 18.1. The normalized spacial score (nSPS) is 12.0. The van der Waals surface area contributed by atoms with E-state index in [1.54, 1.807) is 19.1 Å². The monoisotopic (exact) mass is 491 g/mol. The summed E-state index contributed by atoms with van der Waals surface area (Å²) in [5, 5.41) is 2.63. The Labute approximate surface area is 194 Å². The highest BCUT2D eigenvalue weighted by Gasteiger charge is 2.33. The van der Waals surface area contributed by atoms with Crippen LogP contribution in [0.3, 0.4) is 0 Å². The van der Waals surface area contributed by atoms with Crippen LogP contribution in [0.25, 0.3) is 23.0 Å². The molecule has 1 N–H and O–H groups in total. The van der Waals surface area contributed by atoms with Crippen molar-refractivity contribution >= 4 is 11.6 Å². The summed E-state index contributed by atoms with van der Waals surface area (Å²) in [5.74, 6) is -0.451. The minimum absolute atomic E-state index is 0.00591. The van der Waals surface area contributed by atoms with Crippen molar-refractivity contribution in [3.8, 4) is 23.0 Å². The number of alkyl halides is 6. The second kappa shape index (κ2) is 8.89. The van der Waals surface area contributed by atoms with Gasteiger partial charge in [0.05, 0.1) is 0 Å². The van der Waals surface area contributed by atoms with Crippen LogP contribution in [0, 0.1) is 13.8 Å². The van der Waals surface area contributed by atoms with Gasteiger partial charge in [0.25, 0.3) is 0 Å². The molecule has 0 aliphatic rings. The van der Waals surface area contributed by atoms with E-state index in [1.165, 1.54) is 12.1 Å². The molecular formula is C22H15F6N7. The molecule has 7 nitrogen and oxygen atoms in total. The van der Waals surface area contributed by atoms with E-state index in [0.29, 0.717) is 11.4 Å². The molecule has 0 aliphatic heterocycles. The second-order valence-corrected chi connectivity index (χ2v) is 7.44. The summed E-state index contributed by atoms with van der Waals surface area (Å²) >= 11 is 0. The van der Waals surface area contributed by atoms with E-state index in [4.69, 9.17) is 0 Å². The van der Waals surface area contributed by atoms with Crippen molar-refractivity contribution in [2.24, 2.45) is 0 Å². The highest BCUT2D eigenvalue weighted by molar-refractivity contribution is 5.62. The van der Waals surface area contributed by atoms with Crippen molar-refractivity contribution < 1.29 is 26.3 Å². The van der Waals surface area contributed by atoms with Gasteiger partial charge in [0.15, 0.2) is 11.6 Å².